The minimum Gasteiger partial charge on any atom is -0.493 e. The van der Waals surface area contributed by atoms with Crippen LogP contribution in [0.1, 0.15) is 58.6 Å². The fourth-order valence-electron chi connectivity index (χ4n) is 5.17. The number of fused-ring (bicyclic) bond motifs is 1. The van der Waals surface area contributed by atoms with Crippen molar-refractivity contribution >= 4 is 28.7 Å². The predicted octanol–water partition coefficient (Wildman–Crippen LogP) is 4.08. The molecule has 1 saturated heterocycles. The number of ether oxygens (including phenoxy) is 1. The lowest BCUT2D eigenvalue weighted by atomic mass is 9.96. The van der Waals surface area contributed by atoms with Gasteiger partial charge in [0.1, 0.15) is 17.1 Å². The topological polar surface area (TPSA) is 157 Å². The first-order chi connectivity index (χ1) is 19.5. The molecule has 3 heterocycles. The Morgan fingerprint density at radius 1 is 1.17 bits per heavy atom. The van der Waals surface area contributed by atoms with E-state index in [2.05, 4.69) is 10.1 Å². The molecule has 226 valence electrons. The van der Waals surface area contributed by atoms with E-state index in [1.807, 2.05) is 13.8 Å². The van der Waals surface area contributed by atoms with Crippen molar-refractivity contribution in [2.45, 2.75) is 64.2 Å². The molecule has 4 rings (SSSR count). The molecule has 2 aromatic heterocycles. The molecule has 1 aliphatic rings. The van der Waals surface area contributed by atoms with Crippen molar-refractivity contribution in [3.8, 4) is 17.1 Å². The molecule has 0 bridgehead atoms. The van der Waals surface area contributed by atoms with Crippen molar-refractivity contribution in [2.75, 3.05) is 32.5 Å². The number of H-pyrrole nitrogens is 1. The quantitative estimate of drug-likeness (QED) is 0.273. The zero-order valence-electron chi connectivity index (χ0n) is 24.1. The standard InChI is InChI=1S/C27H40N5O7PS/c1-5-8-22-24-25(31(4)30-22)27(33)29-26(28-24)21-18-20(9-10-23(21)38-16-6-2)41(36,37)32-14-11-19(12-15-32)13-17-40(34,35)39-7-3/h9-10,18-19H,5-8,11-17H2,1-4H3,(H,34,35)(H,28,29,33). The highest BCUT2D eigenvalue weighted by atomic mass is 32.2. The van der Waals surface area contributed by atoms with Gasteiger partial charge in [-0.1, -0.05) is 20.3 Å². The Balaban J connectivity index is 1.63. The van der Waals surface area contributed by atoms with E-state index in [0.717, 1.165) is 12.8 Å². The van der Waals surface area contributed by atoms with E-state index in [9.17, 15) is 22.7 Å². The van der Waals surface area contributed by atoms with Crippen molar-refractivity contribution in [2.24, 2.45) is 13.0 Å². The van der Waals surface area contributed by atoms with Gasteiger partial charge in [0.05, 0.1) is 35.5 Å². The van der Waals surface area contributed by atoms with Crippen LogP contribution < -0.4 is 10.3 Å². The minimum absolute atomic E-state index is 0.0628. The van der Waals surface area contributed by atoms with Gasteiger partial charge in [-0.15, -0.1) is 0 Å². The number of piperidine rings is 1. The molecule has 1 atom stereocenters. The number of nitrogens with zero attached hydrogens (tertiary/aromatic N) is 4. The van der Waals surface area contributed by atoms with Crippen LogP contribution in [-0.4, -0.2) is 69.8 Å². The van der Waals surface area contributed by atoms with E-state index in [1.54, 1.807) is 20.0 Å². The van der Waals surface area contributed by atoms with Crippen LogP contribution in [0.3, 0.4) is 0 Å². The Bertz CT molecular complexity index is 1580. The number of nitrogens with one attached hydrogen (secondary N) is 1. The molecule has 14 heteroatoms. The van der Waals surface area contributed by atoms with Crippen LogP contribution in [0, 0.1) is 5.92 Å². The molecule has 3 aromatic rings. The fraction of sp³-hybridized carbons (Fsp3) is 0.593. The normalized spacial score (nSPS) is 16.7. The highest BCUT2D eigenvalue weighted by Crippen LogP contribution is 2.44. The van der Waals surface area contributed by atoms with Gasteiger partial charge in [-0.25, -0.2) is 13.4 Å². The maximum absolute atomic E-state index is 13.7. The van der Waals surface area contributed by atoms with Gasteiger partial charge in [0.2, 0.25) is 10.0 Å². The lowest BCUT2D eigenvalue weighted by Crippen LogP contribution is -2.38. The van der Waals surface area contributed by atoms with Crippen molar-refractivity contribution in [1.29, 1.82) is 0 Å². The third-order valence-electron chi connectivity index (χ3n) is 7.28. The first-order valence-electron chi connectivity index (χ1n) is 14.2. The average molecular weight is 610 g/mol. The van der Waals surface area contributed by atoms with E-state index >= 15 is 0 Å². The Labute approximate surface area is 240 Å². The summed E-state index contributed by atoms with van der Waals surface area (Å²) in [5.41, 5.74) is 1.57. The second kappa shape index (κ2) is 13.2. The molecule has 0 saturated carbocycles. The molecule has 0 amide bonds. The number of aryl methyl sites for hydroxylation is 2. The lowest BCUT2D eigenvalue weighted by molar-refractivity contribution is 0.251. The van der Waals surface area contributed by atoms with Gasteiger partial charge in [-0.2, -0.15) is 9.40 Å². The molecular formula is C27H40N5O7PS. The summed E-state index contributed by atoms with van der Waals surface area (Å²) in [7, 11) is -5.77. The van der Waals surface area contributed by atoms with Crippen molar-refractivity contribution in [3.05, 3.63) is 34.2 Å². The van der Waals surface area contributed by atoms with Crippen LogP contribution in [0.2, 0.25) is 0 Å². The number of rotatable bonds is 13. The molecule has 0 radical (unpaired) electrons. The average Bonchev–Trinajstić information content (AvgIpc) is 3.26. The van der Waals surface area contributed by atoms with Crippen LogP contribution in [0.15, 0.2) is 27.9 Å². The van der Waals surface area contributed by atoms with Crippen molar-refractivity contribution < 1.29 is 27.1 Å². The number of aromatic nitrogens is 4. The van der Waals surface area contributed by atoms with Crippen LogP contribution in [-0.2, 0) is 32.6 Å². The van der Waals surface area contributed by atoms with Gasteiger partial charge >= 0.3 is 7.60 Å². The maximum Gasteiger partial charge on any atom is 0.328 e. The summed E-state index contributed by atoms with van der Waals surface area (Å²) in [6, 6.07) is 4.64. The van der Waals surface area contributed by atoms with Crippen LogP contribution >= 0.6 is 7.60 Å². The molecule has 41 heavy (non-hydrogen) atoms. The summed E-state index contributed by atoms with van der Waals surface area (Å²) in [6.07, 6.45) is 3.97. The Morgan fingerprint density at radius 2 is 1.90 bits per heavy atom. The zero-order chi connectivity index (χ0) is 29.8. The lowest BCUT2D eigenvalue weighted by Gasteiger charge is -2.31. The second-order valence-electron chi connectivity index (χ2n) is 10.4. The molecule has 0 aliphatic carbocycles. The summed E-state index contributed by atoms with van der Waals surface area (Å²) in [5.74, 6) is 0.786. The van der Waals surface area contributed by atoms with E-state index in [0.29, 0.717) is 73.4 Å². The number of hydrogen-bond donors (Lipinski definition) is 2. The predicted molar refractivity (Wildman–Crippen MR) is 157 cm³/mol. The molecular weight excluding hydrogens is 569 g/mol. The second-order valence-corrected chi connectivity index (χ2v) is 14.3. The Morgan fingerprint density at radius 3 is 2.56 bits per heavy atom. The Hall–Kier alpha value is -2.57. The minimum atomic E-state index is -3.86. The number of aromatic amines is 1. The SMILES string of the molecule is CCCOc1ccc(S(=O)(=O)N2CCC(CCP(=O)(O)OCC)CC2)cc1-c1nc2c(CCC)nn(C)c2c(=O)[nH]1. The van der Waals surface area contributed by atoms with Crippen molar-refractivity contribution in [1.82, 2.24) is 24.1 Å². The van der Waals surface area contributed by atoms with Gasteiger partial charge in [0.15, 0.2) is 5.52 Å². The summed E-state index contributed by atoms with van der Waals surface area (Å²) in [4.78, 5) is 30.6. The third kappa shape index (κ3) is 7.09. The highest BCUT2D eigenvalue weighted by Gasteiger charge is 2.31. The van der Waals surface area contributed by atoms with Gasteiger partial charge in [0, 0.05) is 20.1 Å². The maximum atomic E-state index is 13.7. The van der Waals surface area contributed by atoms with Gasteiger partial charge in [-0.3, -0.25) is 14.0 Å². The Kier molecular flexibility index (Phi) is 10.1. The third-order valence-corrected chi connectivity index (χ3v) is 10.7. The largest absolute Gasteiger partial charge is 0.493 e. The van der Waals surface area contributed by atoms with Crippen LogP contribution in [0.4, 0.5) is 0 Å². The highest BCUT2D eigenvalue weighted by molar-refractivity contribution is 7.89. The summed E-state index contributed by atoms with van der Waals surface area (Å²) >= 11 is 0. The van der Waals surface area contributed by atoms with E-state index in [1.165, 1.54) is 21.1 Å². The zero-order valence-corrected chi connectivity index (χ0v) is 25.8. The van der Waals surface area contributed by atoms with E-state index in [4.69, 9.17) is 14.2 Å². The summed E-state index contributed by atoms with van der Waals surface area (Å²) < 4.78 is 53.3. The molecule has 1 aromatic carbocycles. The first kappa shape index (κ1) is 31.4. The molecule has 2 N–H and O–H groups in total. The molecule has 12 nitrogen and oxygen atoms in total. The molecule has 1 unspecified atom stereocenters. The fourth-order valence-corrected chi connectivity index (χ4v) is 7.89. The van der Waals surface area contributed by atoms with E-state index < -0.39 is 17.6 Å². The van der Waals surface area contributed by atoms with Crippen LogP contribution in [0.5, 0.6) is 5.75 Å². The van der Waals surface area contributed by atoms with E-state index in [-0.39, 0.29) is 35.0 Å². The molecule has 1 aliphatic heterocycles. The molecule has 0 spiro atoms. The summed E-state index contributed by atoms with van der Waals surface area (Å²) in [5, 5.41) is 4.47. The smallest absolute Gasteiger partial charge is 0.328 e. The number of hydrogen-bond acceptors (Lipinski definition) is 8. The number of sulfonamides is 1. The monoisotopic (exact) mass is 609 g/mol. The summed E-state index contributed by atoms with van der Waals surface area (Å²) in [6.45, 7) is 6.86. The van der Waals surface area contributed by atoms with Crippen molar-refractivity contribution in [3.63, 3.8) is 0 Å². The first-order valence-corrected chi connectivity index (χ1v) is 17.4. The van der Waals surface area contributed by atoms with Gasteiger partial charge in [-0.05, 0) is 63.1 Å². The van der Waals surface area contributed by atoms with Crippen LogP contribution in [0.25, 0.3) is 22.4 Å². The van der Waals surface area contributed by atoms with Gasteiger partial charge in [0.25, 0.3) is 5.56 Å². The number of benzene rings is 1. The van der Waals surface area contributed by atoms with Gasteiger partial charge < -0.3 is 19.1 Å². The molecule has 1 fully saturated rings.